The van der Waals surface area contributed by atoms with Crippen molar-refractivity contribution in [2.75, 3.05) is 19.6 Å². The highest BCUT2D eigenvalue weighted by atomic mass is 35.5. The van der Waals surface area contributed by atoms with Crippen LogP contribution < -0.4 is 5.32 Å². The molecule has 4 nitrogen and oxygen atoms in total. The zero-order valence-corrected chi connectivity index (χ0v) is 14.3. The zero-order valence-electron chi connectivity index (χ0n) is 12.8. The van der Waals surface area contributed by atoms with E-state index >= 15 is 0 Å². The lowest BCUT2D eigenvalue weighted by atomic mass is 10.0. The molecule has 0 radical (unpaired) electrons. The van der Waals surface area contributed by atoms with Crippen molar-refractivity contribution >= 4 is 29.3 Å². The van der Waals surface area contributed by atoms with Crippen LogP contribution in [-0.2, 0) is 4.74 Å². The number of amides is 1. The first-order valence-electron chi connectivity index (χ1n) is 7.04. The topological polar surface area (TPSA) is 41.6 Å². The van der Waals surface area contributed by atoms with E-state index in [2.05, 4.69) is 5.32 Å². The lowest BCUT2D eigenvalue weighted by Gasteiger charge is -2.37. The van der Waals surface area contributed by atoms with Crippen LogP contribution in [0.15, 0.2) is 12.1 Å². The highest BCUT2D eigenvalue weighted by molar-refractivity contribution is 6.35. The van der Waals surface area contributed by atoms with Gasteiger partial charge in [0.1, 0.15) is 11.4 Å². The van der Waals surface area contributed by atoms with Gasteiger partial charge in [0.05, 0.1) is 11.1 Å². The van der Waals surface area contributed by atoms with E-state index in [1.54, 1.807) is 25.7 Å². The molecule has 0 spiro atoms. The molecule has 0 bridgehead atoms. The highest BCUT2D eigenvalue weighted by Crippen LogP contribution is 2.33. The van der Waals surface area contributed by atoms with E-state index in [-0.39, 0.29) is 5.02 Å². The normalized spacial score (nSPS) is 19.2. The summed E-state index contributed by atoms with van der Waals surface area (Å²) in [5.74, 6) is -0.559. The number of nitrogens with one attached hydrogen (secondary N) is 1. The number of hydrogen-bond donors (Lipinski definition) is 1. The van der Waals surface area contributed by atoms with Crippen molar-refractivity contribution in [1.82, 2.24) is 10.2 Å². The van der Waals surface area contributed by atoms with Crippen LogP contribution in [0.3, 0.4) is 0 Å². The molecule has 1 fully saturated rings. The third kappa shape index (κ3) is 4.03. The number of hydrogen-bond acceptors (Lipinski definition) is 3. The average Bonchev–Trinajstić information content (AvgIpc) is 2.41. The lowest BCUT2D eigenvalue weighted by molar-refractivity contribution is 0.0118. The van der Waals surface area contributed by atoms with E-state index in [4.69, 9.17) is 27.9 Å². The molecule has 1 aliphatic rings. The van der Waals surface area contributed by atoms with Crippen LogP contribution in [0.4, 0.5) is 9.18 Å². The van der Waals surface area contributed by atoms with Gasteiger partial charge in [-0.3, -0.25) is 4.90 Å². The van der Waals surface area contributed by atoms with Crippen LogP contribution in [0.5, 0.6) is 0 Å². The smallest absolute Gasteiger partial charge is 0.410 e. The van der Waals surface area contributed by atoms with E-state index in [1.807, 2.05) is 0 Å². The molecule has 1 aliphatic heterocycles. The zero-order chi connectivity index (χ0) is 16.5. The summed E-state index contributed by atoms with van der Waals surface area (Å²) in [6.07, 6.45) is -0.439. The van der Waals surface area contributed by atoms with Crippen molar-refractivity contribution in [2.24, 2.45) is 0 Å². The van der Waals surface area contributed by atoms with Gasteiger partial charge in [-0.1, -0.05) is 23.2 Å². The predicted octanol–water partition coefficient (Wildman–Crippen LogP) is 4.01. The standard InChI is InChI=1S/C15H19Cl2FN2O2/c1-15(2,3)22-14(21)20-5-4-19-8-13(20)9-6-12(18)11(17)7-10(9)16/h6-7,13,19H,4-5,8H2,1-3H3. The molecule has 0 saturated carbocycles. The van der Waals surface area contributed by atoms with Gasteiger partial charge >= 0.3 is 6.09 Å². The van der Waals surface area contributed by atoms with Gasteiger partial charge in [0.2, 0.25) is 0 Å². The molecule has 1 N–H and O–H groups in total. The second kappa shape index (κ2) is 6.60. The Labute approximate surface area is 139 Å². The predicted molar refractivity (Wildman–Crippen MR) is 85.0 cm³/mol. The van der Waals surface area contributed by atoms with Crippen LogP contribution in [0.25, 0.3) is 0 Å². The van der Waals surface area contributed by atoms with Crippen LogP contribution in [0.1, 0.15) is 32.4 Å². The van der Waals surface area contributed by atoms with Gasteiger partial charge in [0, 0.05) is 24.7 Å². The summed E-state index contributed by atoms with van der Waals surface area (Å²) >= 11 is 11.9. The minimum absolute atomic E-state index is 0.0404. The first-order valence-corrected chi connectivity index (χ1v) is 7.79. The fraction of sp³-hybridized carbons (Fsp3) is 0.533. The summed E-state index contributed by atoms with van der Waals surface area (Å²) in [5, 5.41) is 3.47. The molecule has 22 heavy (non-hydrogen) atoms. The van der Waals surface area contributed by atoms with E-state index in [0.717, 1.165) is 0 Å². The third-order valence-corrected chi connectivity index (χ3v) is 3.89. The Morgan fingerprint density at radius 1 is 1.36 bits per heavy atom. The van der Waals surface area contributed by atoms with Crippen LogP contribution in [0.2, 0.25) is 10.0 Å². The number of piperazine rings is 1. The number of ether oxygens (including phenoxy) is 1. The lowest BCUT2D eigenvalue weighted by Crippen LogP contribution is -2.50. The fourth-order valence-corrected chi connectivity index (χ4v) is 2.82. The molecule has 122 valence electrons. The van der Waals surface area contributed by atoms with Crippen molar-refractivity contribution in [3.05, 3.63) is 33.6 Å². The van der Waals surface area contributed by atoms with Crippen LogP contribution >= 0.6 is 23.2 Å². The molecular formula is C15H19Cl2FN2O2. The molecule has 1 amide bonds. The maximum atomic E-state index is 13.8. The van der Waals surface area contributed by atoms with Gasteiger partial charge in [-0.25, -0.2) is 9.18 Å². The summed E-state index contributed by atoms with van der Waals surface area (Å²) in [6, 6.07) is 2.23. The molecule has 1 aromatic carbocycles. The first-order chi connectivity index (χ1) is 10.2. The highest BCUT2D eigenvalue weighted by Gasteiger charge is 2.32. The Bertz CT molecular complexity index is 575. The van der Waals surface area contributed by atoms with Crippen LogP contribution in [0, 0.1) is 5.82 Å². The van der Waals surface area contributed by atoms with Crippen molar-refractivity contribution < 1.29 is 13.9 Å². The molecule has 1 aromatic rings. The maximum absolute atomic E-state index is 13.8. The fourth-order valence-electron chi connectivity index (χ4n) is 2.31. The van der Waals surface area contributed by atoms with E-state index in [1.165, 1.54) is 12.1 Å². The average molecular weight is 349 g/mol. The van der Waals surface area contributed by atoms with Gasteiger partial charge in [0.15, 0.2) is 0 Å². The van der Waals surface area contributed by atoms with Crippen molar-refractivity contribution in [3.8, 4) is 0 Å². The van der Waals surface area contributed by atoms with Crippen molar-refractivity contribution in [2.45, 2.75) is 32.4 Å². The molecule has 1 atom stereocenters. The van der Waals surface area contributed by atoms with Gasteiger partial charge in [-0.2, -0.15) is 0 Å². The molecule has 1 unspecified atom stereocenters. The van der Waals surface area contributed by atoms with Gasteiger partial charge in [-0.15, -0.1) is 0 Å². The van der Waals surface area contributed by atoms with Gasteiger partial charge < -0.3 is 10.1 Å². The molecular weight excluding hydrogens is 330 g/mol. The SMILES string of the molecule is CC(C)(C)OC(=O)N1CCNCC1c1cc(F)c(Cl)cc1Cl. The second-order valence-corrected chi connectivity index (χ2v) is 7.00. The number of nitrogens with zero attached hydrogens (tertiary/aromatic N) is 1. The third-order valence-electron chi connectivity index (χ3n) is 3.27. The largest absolute Gasteiger partial charge is 0.444 e. The van der Waals surface area contributed by atoms with Gasteiger partial charge in [0.25, 0.3) is 0 Å². The Kier molecular flexibility index (Phi) is 5.20. The summed E-state index contributed by atoms with van der Waals surface area (Å²) < 4.78 is 19.2. The molecule has 0 aliphatic carbocycles. The van der Waals surface area contributed by atoms with Gasteiger partial charge in [-0.05, 0) is 38.5 Å². The molecule has 0 aromatic heterocycles. The number of carbonyl (C=O) groups excluding carboxylic acids is 1. The van der Waals surface area contributed by atoms with Crippen molar-refractivity contribution in [3.63, 3.8) is 0 Å². The number of halogens is 3. The minimum Gasteiger partial charge on any atom is -0.444 e. The Balaban J connectivity index is 2.31. The molecule has 1 saturated heterocycles. The number of benzene rings is 1. The summed E-state index contributed by atoms with van der Waals surface area (Å²) in [6.45, 7) is 6.98. The second-order valence-electron chi connectivity index (χ2n) is 6.18. The van der Waals surface area contributed by atoms with E-state index in [0.29, 0.717) is 30.2 Å². The maximum Gasteiger partial charge on any atom is 0.410 e. The molecule has 2 rings (SSSR count). The number of carbonyl (C=O) groups is 1. The van der Waals surface area contributed by atoms with Crippen molar-refractivity contribution in [1.29, 1.82) is 0 Å². The van der Waals surface area contributed by atoms with E-state index in [9.17, 15) is 9.18 Å². The number of rotatable bonds is 1. The Morgan fingerprint density at radius 3 is 2.68 bits per heavy atom. The summed E-state index contributed by atoms with van der Waals surface area (Å²) in [5.41, 5.74) is -0.0803. The molecule has 7 heteroatoms. The Morgan fingerprint density at radius 2 is 2.05 bits per heavy atom. The minimum atomic E-state index is -0.596. The van der Waals surface area contributed by atoms with Crippen LogP contribution in [-0.4, -0.2) is 36.2 Å². The summed E-state index contributed by atoms with van der Waals surface area (Å²) in [7, 11) is 0. The van der Waals surface area contributed by atoms with E-state index < -0.39 is 23.6 Å². The summed E-state index contributed by atoms with van der Waals surface area (Å²) in [4.78, 5) is 13.9. The monoisotopic (exact) mass is 348 g/mol. The Hall–Kier alpha value is -1.04. The first kappa shape index (κ1) is 17.3. The molecule has 1 heterocycles. The quantitative estimate of drug-likeness (QED) is 0.779.